The zero-order valence-corrected chi connectivity index (χ0v) is 16.0. The molecule has 2 aromatic rings. The number of hydrogen-bond acceptors (Lipinski definition) is 5. The number of piperidine rings is 1. The summed E-state index contributed by atoms with van der Waals surface area (Å²) in [6, 6.07) is 7.50. The molecule has 0 bridgehead atoms. The SMILES string of the molecule is C=CCNC(=O)c1cccc(S(=O)(=O)N2CCCC[C@@H]2c2cc(C)on2)c1. The molecular formula is C19H23N3O4S. The van der Waals surface area contributed by atoms with Crippen LogP contribution in [0.25, 0.3) is 0 Å². The van der Waals surface area contributed by atoms with E-state index in [0.29, 0.717) is 36.5 Å². The number of amides is 1. The Balaban J connectivity index is 1.92. The molecule has 8 heteroatoms. The van der Waals surface area contributed by atoms with E-state index < -0.39 is 10.0 Å². The first-order valence-electron chi connectivity index (χ1n) is 8.87. The van der Waals surface area contributed by atoms with Crippen LogP contribution in [0.15, 0.2) is 52.4 Å². The maximum absolute atomic E-state index is 13.3. The van der Waals surface area contributed by atoms with E-state index in [1.54, 1.807) is 31.2 Å². The largest absolute Gasteiger partial charge is 0.361 e. The van der Waals surface area contributed by atoms with Gasteiger partial charge in [0.25, 0.3) is 5.91 Å². The molecule has 0 spiro atoms. The highest BCUT2D eigenvalue weighted by molar-refractivity contribution is 7.89. The first-order chi connectivity index (χ1) is 12.9. The molecule has 1 atom stereocenters. The zero-order chi connectivity index (χ0) is 19.4. The fourth-order valence-corrected chi connectivity index (χ4v) is 4.95. The van der Waals surface area contributed by atoms with Crippen molar-refractivity contribution in [3.05, 3.63) is 60.0 Å². The summed E-state index contributed by atoms with van der Waals surface area (Å²) < 4.78 is 33.2. The van der Waals surface area contributed by atoms with Crippen LogP contribution >= 0.6 is 0 Å². The Morgan fingerprint density at radius 3 is 2.93 bits per heavy atom. The summed E-state index contributed by atoms with van der Waals surface area (Å²) in [4.78, 5) is 12.3. The van der Waals surface area contributed by atoms with Crippen molar-refractivity contribution in [2.45, 2.75) is 37.1 Å². The third kappa shape index (κ3) is 4.12. The molecule has 144 valence electrons. The summed E-state index contributed by atoms with van der Waals surface area (Å²) >= 11 is 0. The number of rotatable bonds is 6. The van der Waals surface area contributed by atoms with Crippen LogP contribution in [0.4, 0.5) is 0 Å². The molecule has 0 saturated carbocycles. The van der Waals surface area contributed by atoms with Crippen LogP contribution < -0.4 is 5.32 Å². The second-order valence-corrected chi connectivity index (χ2v) is 8.41. The van der Waals surface area contributed by atoms with Crippen LogP contribution in [0, 0.1) is 6.92 Å². The van der Waals surface area contributed by atoms with E-state index in [1.807, 2.05) is 0 Å². The van der Waals surface area contributed by atoms with Crippen molar-refractivity contribution in [1.29, 1.82) is 0 Å². The average molecular weight is 389 g/mol. The number of nitrogens with one attached hydrogen (secondary N) is 1. The molecule has 1 aliphatic heterocycles. The highest BCUT2D eigenvalue weighted by Crippen LogP contribution is 2.35. The molecule has 27 heavy (non-hydrogen) atoms. The van der Waals surface area contributed by atoms with Gasteiger partial charge in [0, 0.05) is 24.7 Å². The summed E-state index contributed by atoms with van der Waals surface area (Å²) in [5.41, 5.74) is 0.916. The highest BCUT2D eigenvalue weighted by atomic mass is 32.2. The van der Waals surface area contributed by atoms with Gasteiger partial charge in [-0.05, 0) is 38.0 Å². The number of hydrogen-bond donors (Lipinski definition) is 1. The van der Waals surface area contributed by atoms with E-state index in [2.05, 4.69) is 17.1 Å². The predicted octanol–water partition coefficient (Wildman–Crippen LogP) is 2.81. The molecule has 0 radical (unpaired) electrons. The predicted molar refractivity (Wildman–Crippen MR) is 101 cm³/mol. The minimum Gasteiger partial charge on any atom is -0.361 e. The van der Waals surface area contributed by atoms with E-state index in [4.69, 9.17) is 4.52 Å². The van der Waals surface area contributed by atoms with Crippen LogP contribution in [-0.4, -0.2) is 36.9 Å². The Bertz CT molecular complexity index is 936. The second-order valence-electron chi connectivity index (χ2n) is 6.52. The lowest BCUT2D eigenvalue weighted by atomic mass is 10.0. The molecule has 1 saturated heterocycles. The summed E-state index contributed by atoms with van der Waals surface area (Å²) in [5, 5.41) is 6.68. The van der Waals surface area contributed by atoms with Crippen molar-refractivity contribution >= 4 is 15.9 Å². The Morgan fingerprint density at radius 1 is 1.41 bits per heavy atom. The third-order valence-electron chi connectivity index (χ3n) is 4.55. The molecule has 3 rings (SSSR count). The lowest BCUT2D eigenvalue weighted by molar-refractivity contribution is 0.0958. The second kappa shape index (κ2) is 8.06. The Kier molecular flexibility index (Phi) is 5.76. The van der Waals surface area contributed by atoms with Crippen LogP contribution in [0.5, 0.6) is 0 Å². The number of carbonyl (C=O) groups is 1. The van der Waals surface area contributed by atoms with Gasteiger partial charge in [0.05, 0.1) is 10.9 Å². The van der Waals surface area contributed by atoms with Gasteiger partial charge < -0.3 is 9.84 Å². The Morgan fingerprint density at radius 2 is 2.22 bits per heavy atom. The van der Waals surface area contributed by atoms with Gasteiger partial charge >= 0.3 is 0 Å². The van der Waals surface area contributed by atoms with Gasteiger partial charge in [-0.3, -0.25) is 4.79 Å². The molecule has 1 aromatic heterocycles. The number of aryl methyl sites for hydroxylation is 1. The number of carbonyl (C=O) groups excluding carboxylic acids is 1. The molecule has 1 amide bonds. The van der Waals surface area contributed by atoms with E-state index >= 15 is 0 Å². The normalized spacial score (nSPS) is 18.2. The van der Waals surface area contributed by atoms with E-state index in [9.17, 15) is 13.2 Å². The number of sulfonamides is 1. The molecular weight excluding hydrogens is 366 g/mol. The number of aromatic nitrogens is 1. The minimum absolute atomic E-state index is 0.0980. The van der Waals surface area contributed by atoms with Gasteiger partial charge in [0.2, 0.25) is 10.0 Å². The van der Waals surface area contributed by atoms with Gasteiger partial charge in [-0.1, -0.05) is 23.7 Å². The smallest absolute Gasteiger partial charge is 0.251 e. The van der Waals surface area contributed by atoms with Crippen LogP contribution in [0.2, 0.25) is 0 Å². The topological polar surface area (TPSA) is 92.5 Å². The van der Waals surface area contributed by atoms with Crippen molar-refractivity contribution in [3.8, 4) is 0 Å². The van der Waals surface area contributed by atoms with Gasteiger partial charge in [-0.2, -0.15) is 4.31 Å². The van der Waals surface area contributed by atoms with Crippen molar-refractivity contribution in [2.75, 3.05) is 13.1 Å². The molecule has 1 aromatic carbocycles. The molecule has 0 unspecified atom stereocenters. The molecule has 2 heterocycles. The summed E-state index contributed by atoms with van der Waals surface area (Å²) in [6.07, 6.45) is 3.96. The van der Waals surface area contributed by atoms with E-state index in [0.717, 1.165) is 12.8 Å². The minimum atomic E-state index is -3.78. The molecule has 1 N–H and O–H groups in total. The lowest BCUT2D eigenvalue weighted by Gasteiger charge is -2.33. The van der Waals surface area contributed by atoms with Crippen LogP contribution in [0.1, 0.15) is 47.1 Å². The summed E-state index contributed by atoms with van der Waals surface area (Å²) in [6.45, 7) is 6.06. The molecule has 1 fully saturated rings. The summed E-state index contributed by atoms with van der Waals surface area (Å²) in [5.74, 6) is 0.308. The van der Waals surface area contributed by atoms with Crippen LogP contribution in [0.3, 0.4) is 0 Å². The lowest BCUT2D eigenvalue weighted by Crippen LogP contribution is -2.38. The van der Waals surface area contributed by atoms with Crippen LogP contribution in [-0.2, 0) is 10.0 Å². The molecule has 0 aliphatic carbocycles. The first kappa shape index (κ1) is 19.3. The van der Waals surface area contributed by atoms with Gasteiger partial charge in [-0.15, -0.1) is 6.58 Å². The Hall–Kier alpha value is -2.45. The maximum atomic E-state index is 13.3. The van der Waals surface area contributed by atoms with Crippen molar-refractivity contribution in [1.82, 2.24) is 14.8 Å². The fraction of sp³-hybridized carbons (Fsp3) is 0.368. The fourth-order valence-electron chi connectivity index (χ4n) is 3.23. The van der Waals surface area contributed by atoms with Gasteiger partial charge in [-0.25, -0.2) is 8.42 Å². The van der Waals surface area contributed by atoms with Crippen molar-refractivity contribution in [2.24, 2.45) is 0 Å². The van der Waals surface area contributed by atoms with Crippen molar-refractivity contribution < 1.29 is 17.7 Å². The standard InChI is InChI=1S/C19H23N3O4S/c1-3-10-20-19(23)15-7-6-8-16(13-15)27(24,25)22-11-5-4-9-18(22)17-12-14(2)26-21-17/h3,6-8,12-13,18H,1,4-5,9-11H2,2H3,(H,20,23)/t18-/m1/s1. The number of nitrogens with zero attached hydrogens (tertiary/aromatic N) is 2. The first-order valence-corrected chi connectivity index (χ1v) is 10.3. The van der Waals surface area contributed by atoms with Gasteiger partial charge in [0.1, 0.15) is 11.5 Å². The Labute approximate surface area is 159 Å². The maximum Gasteiger partial charge on any atom is 0.251 e. The average Bonchev–Trinajstić information content (AvgIpc) is 3.12. The van der Waals surface area contributed by atoms with Crippen molar-refractivity contribution in [3.63, 3.8) is 0 Å². The zero-order valence-electron chi connectivity index (χ0n) is 15.2. The van der Waals surface area contributed by atoms with Gasteiger partial charge in [0.15, 0.2) is 0 Å². The molecule has 1 aliphatic rings. The third-order valence-corrected chi connectivity index (χ3v) is 6.46. The summed E-state index contributed by atoms with van der Waals surface area (Å²) in [7, 11) is -3.78. The quantitative estimate of drug-likeness (QED) is 0.767. The highest BCUT2D eigenvalue weighted by Gasteiger charge is 2.36. The molecule has 7 nitrogen and oxygen atoms in total. The number of benzene rings is 1. The monoisotopic (exact) mass is 389 g/mol. The van der Waals surface area contributed by atoms with E-state index in [1.165, 1.54) is 16.4 Å². The van der Waals surface area contributed by atoms with E-state index in [-0.39, 0.29) is 16.8 Å².